The molecular weight excluding hydrogens is 224 g/mol. The Labute approximate surface area is 96.0 Å². The summed E-state index contributed by atoms with van der Waals surface area (Å²) in [7, 11) is 0. The monoisotopic (exact) mass is 232 g/mol. The Kier molecular flexibility index (Phi) is 2.95. The number of aromatic nitrogens is 1. The molecule has 6 nitrogen and oxygen atoms in total. The summed E-state index contributed by atoms with van der Waals surface area (Å²) in [6.07, 6.45) is 3.29. The minimum absolute atomic E-state index is 0.00601. The minimum atomic E-state index is -0.677. The maximum Gasteiger partial charge on any atom is 0.433 e. The van der Waals surface area contributed by atoms with Crippen molar-refractivity contribution < 1.29 is 14.1 Å². The summed E-state index contributed by atoms with van der Waals surface area (Å²) in [5, 5.41) is 10.4. The molecule has 0 N–H and O–H groups in total. The van der Waals surface area contributed by atoms with Gasteiger partial charge in [-0.15, -0.1) is 0 Å². The molecule has 0 aliphatic heterocycles. The van der Waals surface area contributed by atoms with Crippen LogP contribution in [-0.4, -0.2) is 15.7 Å². The maximum absolute atomic E-state index is 11.7. The van der Waals surface area contributed by atoms with Gasteiger partial charge in [-0.25, -0.2) is 0 Å². The van der Waals surface area contributed by atoms with Gasteiger partial charge in [-0.1, -0.05) is 0 Å². The van der Waals surface area contributed by atoms with Crippen LogP contribution >= 0.6 is 0 Å². The summed E-state index contributed by atoms with van der Waals surface area (Å²) in [5.41, 5.74) is 0.782. The quantitative estimate of drug-likeness (QED) is 0.457. The zero-order chi connectivity index (χ0) is 12.3. The second kappa shape index (κ2) is 4.56. The molecule has 0 saturated heterocycles. The standard InChI is InChI=1S/C11H8N2O4/c14-9(7-8-3-5-12-6-4-8)10-1-2-11(17-10)13(15)16/h1-6H,7H2. The predicted octanol–water partition coefficient (Wildman–Crippen LogP) is 2.01. The second-order valence-corrected chi connectivity index (χ2v) is 3.35. The van der Waals surface area contributed by atoms with Crippen molar-refractivity contribution in [1.29, 1.82) is 0 Å². The number of furan rings is 1. The first-order chi connectivity index (χ1) is 8.16. The van der Waals surface area contributed by atoms with Crippen LogP contribution in [0.5, 0.6) is 0 Å². The Bertz CT molecular complexity index is 548. The number of nitro groups is 1. The van der Waals surface area contributed by atoms with Crippen LogP contribution in [0.4, 0.5) is 5.88 Å². The lowest BCUT2D eigenvalue weighted by Gasteiger charge is -1.96. The Balaban J connectivity index is 2.12. The van der Waals surface area contributed by atoms with E-state index in [2.05, 4.69) is 4.98 Å². The zero-order valence-electron chi connectivity index (χ0n) is 8.70. The van der Waals surface area contributed by atoms with Gasteiger partial charge in [0.1, 0.15) is 4.92 Å². The predicted molar refractivity (Wildman–Crippen MR) is 57.6 cm³/mol. The second-order valence-electron chi connectivity index (χ2n) is 3.35. The van der Waals surface area contributed by atoms with Gasteiger partial charge in [-0.2, -0.15) is 0 Å². The third-order valence-corrected chi connectivity index (χ3v) is 2.16. The Morgan fingerprint density at radius 2 is 2.00 bits per heavy atom. The molecule has 2 rings (SSSR count). The number of hydrogen-bond acceptors (Lipinski definition) is 5. The minimum Gasteiger partial charge on any atom is -0.397 e. The summed E-state index contributed by atoms with van der Waals surface area (Å²) in [6.45, 7) is 0. The van der Waals surface area contributed by atoms with E-state index in [9.17, 15) is 14.9 Å². The lowest BCUT2D eigenvalue weighted by Crippen LogP contribution is -2.01. The van der Waals surface area contributed by atoms with Gasteiger partial charge >= 0.3 is 5.88 Å². The van der Waals surface area contributed by atoms with Crippen LogP contribution in [0.25, 0.3) is 0 Å². The molecule has 17 heavy (non-hydrogen) atoms. The number of carbonyl (C=O) groups is 1. The largest absolute Gasteiger partial charge is 0.433 e. The number of carbonyl (C=O) groups excluding carboxylic acids is 1. The molecule has 0 saturated carbocycles. The zero-order valence-corrected chi connectivity index (χ0v) is 8.70. The van der Waals surface area contributed by atoms with Crippen molar-refractivity contribution in [2.45, 2.75) is 6.42 Å². The lowest BCUT2D eigenvalue weighted by molar-refractivity contribution is -0.402. The molecular formula is C11H8N2O4. The van der Waals surface area contributed by atoms with E-state index in [4.69, 9.17) is 4.42 Å². The molecule has 0 bridgehead atoms. The van der Waals surface area contributed by atoms with E-state index in [0.717, 1.165) is 5.56 Å². The van der Waals surface area contributed by atoms with Gasteiger partial charge in [-0.05, 0) is 23.8 Å². The van der Waals surface area contributed by atoms with Crippen molar-refractivity contribution in [2.75, 3.05) is 0 Å². The summed E-state index contributed by atoms with van der Waals surface area (Å²) < 4.78 is 4.81. The topological polar surface area (TPSA) is 86.2 Å². The van der Waals surface area contributed by atoms with Gasteiger partial charge in [0, 0.05) is 18.8 Å². The molecule has 2 aromatic heterocycles. The molecule has 2 aromatic rings. The highest BCUT2D eigenvalue weighted by molar-refractivity contribution is 5.95. The van der Waals surface area contributed by atoms with Crippen LogP contribution in [0.1, 0.15) is 16.1 Å². The first-order valence-corrected chi connectivity index (χ1v) is 4.83. The average Bonchev–Trinajstić information content (AvgIpc) is 2.79. The highest BCUT2D eigenvalue weighted by atomic mass is 16.6. The van der Waals surface area contributed by atoms with Gasteiger partial charge in [-0.3, -0.25) is 19.9 Å². The van der Waals surface area contributed by atoms with Crippen molar-refractivity contribution in [3.63, 3.8) is 0 Å². The van der Waals surface area contributed by atoms with Gasteiger partial charge in [0.25, 0.3) is 0 Å². The first-order valence-electron chi connectivity index (χ1n) is 4.83. The number of pyridine rings is 1. The lowest BCUT2D eigenvalue weighted by atomic mass is 10.1. The van der Waals surface area contributed by atoms with E-state index in [1.165, 1.54) is 12.1 Å². The fraction of sp³-hybridized carbons (Fsp3) is 0.0909. The van der Waals surface area contributed by atoms with Crippen molar-refractivity contribution in [3.8, 4) is 0 Å². The molecule has 0 atom stereocenters. The van der Waals surface area contributed by atoms with Gasteiger partial charge < -0.3 is 4.42 Å². The van der Waals surface area contributed by atoms with E-state index in [1.807, 2.05) is 0 Å². The molecule has 0 aliphatic rings. The molecule has 0 aliphatic carbocycles. The van der Waals surface area contributed by atoms with Gasteiger partial charge in [0.2, 0.25) is 5.78 Å². The number of Topliss-reactive ketones (excluding diaryl/α,β-unsaturated/α-hetero) is 1. The molecule has 0 fully saturated rings. The maximum atomic E-state index is 11.7. The van der Waals surface area contributed by atoms with Gasteiger partial charge in [0.05, 0.1) is 6.07 Å². The smallest absolute Gasteiger partial charge is 0.397 e. The normalized spacial score (nSPS) is 10.1. The third kappa shape index (κ3) is 2.54. The van der Waals surface area contributed by atoms with E-state index in [-0.39, 0.29) is 18.0 Å². The summed E-state index contributed by atoms with van der Waals surface area (Å²) in [4.78, 5) is 25.3. The first kappa shape index (κ1) is 11.0. The molecule has 2 heterocycles. The number of ketones is 1. The number of hydrogen-bond donors (Lipinski definition) is 0. The number of nitrogens with zero attached hydrogens (tertiary/aromatic N) is 2. The Morgan fingerprint density at radius 3 is 2.59 bits per heavy atom. The highest BCUT2D eigenvalue weighted by Crippen LogP contribution is 2.17. The van der Waals surface area contributed by atoms with Crippen LogP contribution < -0.4 is 0 Å². The fourth-order valence-corrected chi connectivity index (χ4v) is 1.35. The number of rotatable bonds is 4. The van der Waals surface area contributed by atoms with Crippen LogP contribution in [0, 0.1) is 10.1 Å². The average molecular weight is 232 g/mol. The SMILES string of the molecule is O=C(Cc1ccncc1)c1ccc([N+](=O)[O-])o1. The fourth-order valence-electron chi connectivity index (χ4n) is 1.35. The molecule has 0 aromatic carbocycles. The highest BCUT2D eigenvalue weighted by Gasteiger charge is 2.17. The van der Waals surface area contributed by atoms with Crippen LogP contribution in [-0.2, 0) is 6.42 Å². The summed E-state index contributed by atoms with van der Waals surface area (Å²) >= 11 is 0. The Hall–Kier alpha value is -2.50. The molecule has 6 heteroatoms. The van der Waals surface area contributed by atoms with E-state index in [0.29, 0.717) is 0 Å². The van der Waals surface area contributed by atoms with Crippen molar-refractivity contribution >= 4 is 11.7 Å². The van der Waals surface area contributed by atoms with Crippen LogP contribution in [0.2, 0.25) is 0 Å². The van der Waals surface area contributed by atoms with Gasteiger partial charge in [0.15, 0.2) is 5.76 Å². The van der Waals surface area contributed by atoms with Crippen LogP contribution in [0.3, 0.4) is 0 Å². The van der Waals surface area contributed by atoms with E-state index >= 15 is 0 Å². The molecule has 0 unspecified atom stereocenters. The van der Waals surface area contributed by atoms with Crippen molar-refractivity contribution in [3.05, 3.63) is 58.1 Å². The molecule has 86 valence electrons. The van der Waals surface area contributed by atoms with E-state index in [1.54, 1.807) is 24.5 Å². The van der Waals surface area contributed by atoms with Crippen molar-refractivity contribution in [1.82, 2.24) is 4.98 Å². The Morgan fingerprint density at radius 1 is 1.29 bits per heavy atom. The third-order valence-electron chi connectivity index (χ3n) is 2.16. The summed E-state index contributed by atoms with van der Waals surface area (Å²) in [5.74, 6) is -0.735. The summed E-state index contributed by atoms with van der Waals surface area (Å²) in [6, 6.07) is 5.88. The molecule has 0 radical (unpaired) electrons. The molecule has 0 spiro atoms. The molecule has 0 amide bonds. The van der Waals surface area contributed by atoms with Crippen molar-refractivity contribution in [2.24, 2.45) is 0 Å². The van der Waals surface area contributed by atoms with E-state index < -0.39 is 10.8 Å². The van der Waals surface area contributed by atoms with Crippen LogP contribution in [0.15, 0.2) is 41.1 Å².